The summed E-state index contributed by atoms with van der Waals surface area (Å²) in [7, 11) is 3.26. The van der Waals surface area contributed by atoms with Crippen LogP contribution in [0.1, 0.15) is 35.9 Å². The molecule has 0 radical (unpaired) electrons. The zero-order valence-electron chi connectivity index (χ0n) is 10.4. The number of aryl methyl sites for hydroxylation is 1. The Morgan fingerprint density at radius 1 is 1.47 bits per heavy atom. The number of aromatic nitrogens is 3. The van der Waals surface area contributed by atoms with Gasteiger partial charge in [0.05, 0.1) is 13.3 Å². The van der Waals surface area contributed by atoms with E-state index in [0.29, 0.717) is 11.6 Å². The predicted molar refractivity (Wildman–Crippen MR) is 63.9 cm³/mol. The van der Waals surface area contributed by atoms with Crippen molar-refractivity contribution in [2.45, 2.75) is 19.8 Å². The van der Waals surface area contributed by atoms with Gasteiger partial charge in [0.25, 0.3) is 0 Å². The van der Waals surface area contributed by atoms with Crippen LogP contribution in [-0.2, 0) is 11.8 Å². The number of hydrogen-bond acceptors (Lipinski definition) is 4. The maximum Gasteiger partial charge on any atom is 0.358 e. The Morgan fingerprint density at radius 2 is 2.18 bits per heavy atom. The van der Waals surface area contributed by atoms with Gasteiger partial charge in [0.1, 0.15) is 5.52 Å². The summed E-state index contributed by atoms with van der Waals surface area (Å²) in [5, 5.41) is 0. The van der Waals surface area contributed by atoms with Crippen molar-refractivity contribution in [2.75, 3.05) is 7.11 Å². The molecule has 0 spiro atoms. The van der Waals surface area contributed by atoms with Gasteiger partial charge in [-0.1, -0.05) is 13.8 Å². The summed E-state index contributed by atoms with van der Waals surface area (Å²) >= 11 is 0. The summed E-state index contributed by atoms with van der Waals surface area (Å²) in [6.45, 7) is 4.21. The van der Waals surface area contributed by atoms with Crippen LogP contribution in [0, 0.1) is 0 Å². The molecule has 0 saturated carbocycles. The lowest BCUT2D eigenvalue weighted by Gasteiger charge is -2.06. The maximum absolute atomic E-state index is 11.4. The number of hydrogen-bond donors (Lipinski definition) is 0. The number of ether oxygens (including phenoxy) is 1. The molecule has 5 nitrogen and oxygen atoms in total. The van der Waals surface area contributed by atoms with Gasteiger partial charge in [-0.15, -0.1) is 0 Å². The molecule has 0 fully saturated rings. The topological polar surface area (TPSA) is 57.0 Å². The van der Waals surface area contributed by atoms with Crippen molar-refractivity contribution < 1.29 is 9.53 Å². The Balaban J connectivity index is 2.61. The second kappa shape index (κ2) is 4.16. The molecule has 0 N–H and O–H groups in total. The summed E-state index contributed by atoms with van der Waals surface area (Å²) in [6.07, 6.45) is 1.44. The summed E-state index contributed by atoms with van der Waals surface area (Å²) in [5.74, 6) is -0.0794. The number of esters is 1. The van der Waals surface area contributed by atoms with Crippen molar-refractivity contribution in [3.63, 3.8) is 0 Å². The molecule has 5 heteroatoms. The third-order valence-corrected chi connectivity index (χ3v) is 2.76. The van der Waals surface area contributed by atoms with E-state index in [9.17, 15) is 4.79 Å². The highest BCUT2D eigenvalue weighted by Gasteiger charge is 2.14. The molecule has 2 rings (SSSR count). The third kappa shape index (κ3) is 1.88. The summed E-state index contributed by atoms with van der Waals surface area (Å²) in [5.41, 5.74) is 2.87. The van der Waals surface area contributed by atoms with Gasteiger partial charge in [-0.25, -0.2) is 9.78 Å². The van der Waals surface area contributed by atoms with E-state index >= 15 is 0 Å². The van der Waals surface area contributed by atoms with Gasteiger partial charge in [-0.2, -0.15) is 0 Å². The fraction of sp³-hybridized carbons (Fsp3) is 0.417. The molecule has 2 aromatic heterocycles. The molecule has 17 heavy (non-hydrogen) atoms. The molecule has 0 bridgehead atoms. The second-order valence-electron chi connectivity index (χ2n) is 4.24. The fourth-order valence-corrected chi connectivity index (χ4v) is 1.85. The lowest BCUT2D eigenvalue weighted by atomic mass is 10.1. The van der Waals surface area contributed by atoms with E-state index in [4.69, 9.17) is 0 Å². The Kier molecular flexibility index (Phi) is 2.83. The van der Waals surface area contributed by atoms with Crippen molar-refractivity contribution in [3.8, 4) is 0 Å². The molecule has 2 heterocycles. The summed E-state index contributed by atoms with van der Waals surface area (Å²) in [4.78, 5) is 19.9. The molecular formula is C12H15N3O2. The third-order valence-electron chi connectivity index (χ3n) is 2.76. The Morgan fingerprint density at radius 3 is 2.76 bits per heavy atom. The van der Waals surface area contributed by atoms with Crippen LogP contribution in [0.4, 0.5) is 0 Å². The monoisotopic (exact) mass is 233 g/mol. The Hall–Kier alpha value is -1.91. The first-order valence-corrected chi connectivity index (χ1v) is 5.45. The number of rotatable bonds is 2. The van der Waals surface area contributed by atoms with Crippen molar-refractivity contribution in [3.05, 3.63) is 23.7 Å². The van der Waals surface area contributed by atoms with Gasteiger partial charge in [0, 0.05) is 12.7 Å². The molecule has 0 amide bonds. The molecule has 0 aliphatic carbocycles. The van der Waals surface area contributed by atoms with E-state index in [1.54, 1.807) is 0 Å². The van der Waals surface area contributed by atoms with E-state index in [1.807, 2.05) is 17.7 Å². The zero-order valence-corrected chi connectivity index (χ0v) is 10.4. The number of carbonyl (C=O) groups excluding carboxylic acids is 1. The minimum atomic E-state index is -0.466. The van der Waals surface area contributed by atoms with Crippen LogP contribution in [0.25, 0.3) is 11.2 Å². The molecule has 0 unspecified atom stereocenters. The van der Waals surface area contributed by atoms with Crippen LogP contribution < -0.4 is 0 Å². The average Bonchev–Trinajstić information content (AvgIpc) is 2.65. The molecule has 90 valence electrons. The fourth-order valence-electron chi connectivity index (χ4n) is 1.85. The van der Waals surface area contributed by atoms with Crippen molar-refractivity contribution >= 4 is 17.1 Å². The SMILES string of the molecule is COC(=O)c1cnc2cc(C(C)C)n(C)c2n1. The van der Waals surface area contributed by atoms with Crippen LogP contribution in [0.3, 0.4) is 0 Å². The minimum Gasteiger partial charge on any atom is -0.464 e. The highest BCUT2D eigenvalue weighted by atomic mass is 16.5. The maximum atomic E-state index is 11.4. The molecule has 0 aliphatic rings. The van der Waals surface area contributed by atoms with Crippen LogP contribution in [0.15, 0.2) is 12.3 Å². The van der Waals surface area contributed by atoms with E-state index in [2.05, 4.69) is 28.6 Å². The van der Waals surface area contributed by atoms with Crippen molar-refractivity contribution in [1.82, 2.24) is 14.5 Å². The highest BCUT2D eigenvalue weighted by Crippen LogP contribution is 2.21. The number of fused-ring (bicyclic) bond motifs is 1. The molecular weight excluding hydrogens is 218 g/mol. The quantitative estimate of drug-likeness (QED) is 0.743. The molecule has 0 aromatic carbocycles. The van der Waals surface area contributed by atoms with Crippen LogP contribution >= 0.6 is 0 Å². The largest absolute Gasteiger partial charge is 0.464 e. The molecule has 2 aromatic rings. The summed E-state index contributed by atoms with van der Waals surface area (Å²) < 4.78 is 6.59. The lowest BCUT2D eigenvalue weighted by Crippen LogP contribution is -2.06. The molecule has 0 aliphatic heterocycles. The standard InChI is InChI=1S/C12H15N3O2/c1-7(2)10-5-8-11(15(10)3)14-9(6-13-8)12(16)17-4/h5-7H,1-4H3. The van der Waals surface area contributed by atoms with Gasteiger partial charge >= 0.3 is 5.97 Å². The van der Waals surface area contributed by atoms with E-state index in [0.717, 1.165) is 11.2 Å². The van der Waals surface area contributed by atoms with Crippen molar-refractivity contribution in [1.29, 1.82) is 0 Å². The Bertz CT molecular complexity index is 572. The number of methoxy groups -OCH3 is 1. The van der Waals surface area contributed by atoms with Gasteiger partial charge in [0.15, 0.2) is 11.3 Å². The highest BCUT2D eigenvalue weighted by molar-refractivity contribution is 5.89. The number of carbonyl (C=O) groups is 1. The van der Waals surface area contributed by atoms with E-state index in [1.165, 1.54) is 13.3 Å². The van der Waals surface area contributed by atoms with Gasteiger partial charge in [-0.05, 0) is 12.0 Å². The number of nitrogens with zero attached hydrogens (tertiary/aromatic N) is 3. The second-order valence-corrected chi connectivity index (χ2v) is 4.24. The van der Waals surface area contributed by atoms with Gasteiger partial charge in [0.2, 0.25) is 0 Å². The zero-order chi connectivity index (χ0) is 12.6. The lowest BCUT2D eigenvalue weighted by molar-refractivity contribution is 0.0594. The van der Waals surface area contributed by atoms with Crippen LogP contribution in [0.5, 0.6) is 0 Å². The minimum absolute atomic E-state index is 0.233. The average molecular weight is 233 g/mol. The first kappa shape index (κ1) is 11.6. The smallest absolute Gasteiger partial charge is 0.358 e. The predicted octanol–water partition coefficient (Wildman–Crippen LogP) is 1.88. The summed E-state index contributed by atoms with van der Waals surface area (Å²) in [6, 6.07) is 1.99. The van der Waals surface area contributed by atoms with Crippen molar-refractivity contribution in [2.24, 2.45) is 7.05 Å². The normalized spacial score (nSPS) is 11.1. The Labute approximate surface area is 99.4 Å². The molecule has 0 saturated heterocycles. The van der Waals surface area contributed by atoms with E-state index < -0.39 is 5.97 Å². The molecule has 0 atom stereocenters. The van der Waals surface area contributed by atoms with Gasteiger partial charge < -0.3 is 9.30 Å². The first-order chi connectivity index (χ1) is 8.04. The van der Waals surface area contributed by atoms with Gasteiger partial charge in [-0.3, -0.25) is 4.98 Å². The van der Waals surface area contributed by atoms with Crippen LogP contribution in [-0.4, -0.2) is 27.6 Å². The van der Waals surface area contributed by atoms with E-state index in [-0.39, 0.29) is 5.69 Å². The van der Waals surface area contributed by atoms with Crippen LogP contribution in [0.2, 0.25) is 0 Å². The first-order valence-electron chi connectivity index (χ1n) is 5.45.